The van der Waals surface area contributed by atoms with E-state index in [1.54, 1.807) is 4.90 Å². The zero-order valence-corrected chi connectivity index (χ0v) is 15.7. The fourth-order valence-electron chi connectivity index (χ4n) is 3.20. The highest BCUT2D eigenvalue weighted by Gasteiger charge is 2.34. The number of hydrogen-bond acceptors (Lipinski definition) is 2. The molecule has 1 saturated heterocycles. The molecule has 4 nitrogen and oxygen atoms in total. The van der Waals surface area contributed by atoms with E-state index in [1.165, 1.54) is 5.56 Å². The first-order valence-electron chi connectivity index (χ1n) is 9.06. The topological polar surface area (TPSA) is 49.4 Å². The van der Waals surface area contributed by atoms with Crippen LogP contribution in [0.2, 0.25) is 0 Å². The highest BCUT2D eigenvalue weighted by atomic mass is 16.2. The van der Waals surface area contributed by atoms with E-state index in [0.29, 0.717) is 13.1 Å². The van der Waals surface area contributed by atoms with Gasteiger partial charge in [-0.05, 0) is 28.7 Å². The van der Waals surface area contributed by atoms with Crippen LogP contribution in [-0.2, 0) is 21.5 Å². The Bertz CT molecular complexity index is 776. The Morgan fingerprint density at radius 3 is 2.35 bits per heavy atom. The Hall–Kier alpha value is -2.62. The van der Waals surface area contributed by atoms with Crippen molar-refractivity contribution in [2.45, 2.75) is 39.2 Å². The monoisotopic (exact) mass is 350 g/mol. The first kappa shape index (κ1) is 18.2. The number of carbonyl (C=O) groups excluding carboxylic acids is 2. The Kier molecular flexibility index (Phi) is 5.12. The molecule has 2 aromatic rings. The van der Waals surface area contributed by atoms with Gasteiger partial charge in [-0.15, -0.1) is 0 Å². The quantitative estimate of drug-likeness (QED) is 0.907. The minimum atomic E-state index is -0.298. The van der Waals surface area contributed by atoms with Crippen LogP contribution in [0, 0.1) is 5.92 Å². The van der Waals surface area contributed by atoms with Gasteiger partial charge < -0.3 is 10.2 Å². The third-order valence-electron chi connectivity index (χ3n) is 4.82. The van der Waals surface area contributed by atoms with Gasteiger partial charge in [0, 0.05) is 25.2 Å². The number of anilines is 1. The van der Waals surface area contributed by atoms with Gasteiger partial charge in [-0.3, -0.25) is 9.59 Å². The summed E-state index contributed by atoms with van der Waals surface area (Å²) < 4.78 is 0. The summed E-state index contributed by atoms with van der Waals surface area (Å²) in [7, 11) is 0. The molecular weight excluding hydrogens is 324 g/mol. The van der Waals surface area contributed by atoms with E-state index < -0.39 is 0 Å². The standard InChI is InChI=1S/C22H26N2O2/c1-22(2,3)18-9-11-19(12-10-18)23-21(26)17-13-20(25)24(15-17)14-16-7-5-4-6-8-16/h4-12,17H,13-15H2,1-3H3,(H,23,26)/t17-/m0/s1. The van der Waals surface area contributed by atoms with Gasteiger partial charge in [0.25, 0.3) is 0 Å². The van der Waals surface area contributed by atoms with Gasteiger partial charge in [-0.2, -0.15) is 0 Å². The summed E-state index contributed by atoms with van der Waals surface area (Å²) in [6.45, 7) is 7.51. The summed E-state index contributed by atoms with van der Waals surface area (Å²) >= 11 is 0. The van der Waals surface area contributed by atoms with Crippen LogP contribution in [0.4, 0.5) is 5.69 Å². The lowest BCUT2D eigenvalue weighted by molar-refractivity contribution is -0.128. The number of nitrogens with zero attached hydrogens (tertiary/aromatic N) is 1. The average molecular weight is 350 g/mol. The summed E-state index contributed by atoms with van der Waals surface area (Å²) in [5, 5.41) is 2.95. The van der Waals surface area contributed by atoms with Crippen LogP contribution in [0.3, 0.4) is 0 Å². The third-order valence-corrected chi connectivity index (χ3v) is 4.82. The molecule has 1 aliphatic rings. The predicted molar refractivity (Wildman–Crippen MR) is 104 cm³/mol. The highest BCUT2D eigenvalue weighted by Crippen LogP contribution is 2.25. The van der Waals surface area contributed by atoms with E-state index in [2.05, 4.69) is 26.1 Å². The van der Waals surface area contributed by atoms with E-state index in [1.807, 2.05) is 54.6 Å². The molecule has 1 fully saturated rings. The summed E-state index contributed by atoms with van der Waals surface area (Å²) in [6, 6.07) is 17.8. The van der Waals surface area contributed by atoms with Crippen LogP contribution in [0.25, 0.3) is 0 Å². The molecule has 1 N–H and O–H groups in total. The number of nitrogens with one attached hydrogen (secondary N) is 1. The largest absolute Gasteiger partial charge is 0.338 e. The minimum Gasteiger partial charge on any atom is -0.338 e. The van der Waals surface area contributed by atoms with Crippen LogP contribution in [0.15, 0.2) is 54.6 Å². The fourth-order valence-corrected chi connectivity index (χ4v) is 3.20. The molecule has 1 atom stereocenters. The van der Waals surface area contributed by atoms with E-state index in [0.717, 1.165) is 11.3 Å². The van der Waals surface area contributed by atoms with Crippen molar-refractivity contribution in [2.24, 2.45) is 5.92 Å². The molecule has 0 radical (unpaired) electrons. The average Bonchev–Trinajstić information content (AvgIpc) is 2.96. The van der Waals surface area contributed by atoms with Crippen molar-refractivity contribution in [3.63, 3.8) is 0 Å². The summed E-state index contributed by atoms with van der Waals surface area (Å²) in [6.07, 6.45) is 0.277. The third kappa shape index (κ3) is 4.31. The van der Waals surface area contributed by atoms with E-state index >= 15 is 0 Å². The molecule has 2 amide bonds. The van der Waals surface area contributed by atoms with Crippen molar-refractivity contribution in [1.29, 1.82) is 0 Å². The summed E-state index contributed by atoms with van der Waals surface area (Å²) in [5.41, 5.74) is 3.16. The lowest BCUT2D eigenvalue weighted by atomic mass is 9.87. The first-order chi connectivity index (χ1) is 12.3. The second kappa shape index (κ2) is 7.32. The number of hydrogen-bond donors (Lipinski definition) is 1. The fraction of sp³-hybridized carbons (Fsp3) is 0.364. The normalized spacial score (nSPS) is 17.4. The first-order valence-corrected chi connectivity index (χ1v) is 9.06. The molecule has 0 aliphatic carbocycles. The van der Waals surface area contributed by atoms with Crippen molar-refractivity contribution < 1.29 is 9.59 Å². The van der Waals surface area contributed by atoms with E-state index in [-0.39, 0.29) is 29.6 Å². The Morgan fingerprint density at radius 1 is 1.08 bits per heavy atom. The minimum absolute atomic E-state index is 0.0390. The molecule has 4 heteroatoms. The smallest absolute Gasteiger partial charge is 0.229 e. The zero-order chi connectivity index (χ0) is 18.7. The molecule has 26 heavy (non-hydrogen) atoms. The molecule has 3 rings (SSSR count). The van der Waals surface area contributed by atoms with Gasteiger partial charge in [0.2, 0.25) is 11.8 Å². The SMILES string of the molecule is CC(C)(C)c1ccc(NC(=O)[C@H]2CC(=O)N(Cc3ccccc3)C2)cc1. The second-order valence-corrected chi connectivity index (χ2v) is 7.98. The van der Waals surface area contributed by atoms with Crippen molar-refractivity contribution in [2.75, 3.05) is 11.9 Å². The summed E-state index contributed by atoms with van der Waals surface area (Å²) in [5.74, 6) is -0.344. The summed E-state index contributed by atoms with van der Waals surface area (Å²) in [4.78, 5) is 26.6. The molecule has 0 aromatic heterocycles. The number of benzene rings is 2. The Morgan fingerprint density at radius 2 is 1.73 bits per heavy atom. The van der Waals surface area contributed by atoms with Crippen LogP contribution >= 0.6 is 0 Å². The lowest BCUT2D eigenvalue weighted by Gasteiger charge is -2.19. The molecule has 136 valence electrons. The maximum Gasteiger partial charge on any atom is 0.229 e. The van der Waals surface area contributed by atoms with Crippen molar-refractivity contribution in [3.05, 3.63) is 65.7 Å². The second-order valence-electron chi connectivity index (χ2n) is 7.98. The maximum absolute atomic E-state index is 12.6. The van der Waals surface area contributed by atoms with Gasteiger partial charge in [-0.1, -0.05) is 63.2 Å². The number of rotatable bonds is 4. The number of carbonyl (C=O) groups is 2. The Balaban J connectivity index is 1.59. The molecule has 0 spiro atoms. The number of amides is 2. The molecule has 2 aromatic carbocycles. The number of likely N-dealkylation sites (tertiary alicyclic amines) is 1. The van der Waals surface area contributed by atoms with Gasteiger partial charge in [0.15, 0.2) is 0 Å². The maximum atomic E-state index is 12.6. The Labute approximate surface area is 155 Å². The predicted octanol–water partition coefficient (Wildman–Crippen LogP) is 3.97. The van der Waals surface area contributed by atoms with Crippen LogP contribution in [0.5, 0.6) is 0 Å². The van der Waals surface area contributed by atoms with Gasteiger partial charge in [-0.25, -0.2) is 0 Å². The molecule has 0 unspecified atom stereocenters. The lowest BCUT2D eigenvalue weighted by Crippen LogP contribution is -2.28. The van der Waals surface area contributed by atoms with Crippen molar-refractivity contribution in [1.82, 2.24) is 4.90 Å². The van der Waals surface area contributed by atoms with Crippen LogP contribution in [-0.4, -0.2) is 23.3 Å². The molecular formula is C22H26N2O2. The van der Waals surface area contributed by atoms with Crippen molar-refractivity contribution in [3.8, 4) is 0 Å². The molecule has 0 saturated carbocycles. The molecule has 0 bridgehead atoms. The van der Waals surface area contributed by atoms with Crippen molar-refractivity contribution >= 4 is 17.5 Å². The van der Waals surface area contributed by atoms with Crippen LogP contribution < -0.4 is 5.32 Å². The van der Waals surface area contributed by atoms with Gasteiger partial charge in [0.05, 0.1) is 5.92 Å². The molecule has 1 aliphatic heterocycles. The van der Waals surface area contributed by atoms with E-state index in [4.69, 9.17) is 0 Å². The molecule has 1 heterocycles. The van der Waals surface area contributed by atoms with Crippen LogP contribution in [0.1, 0.15) is 38.3 Å². The van der Waals surface area contributed by atoms with E-state index in [9.17, 15) is 9.59 Å². The zero-order valence-electron chi connectivity index (χ0n) is 15.7. The van der Waals surface area contributed by atoms with Gasteiger partial charge >= 0.3 is 0 Å². The van der Waals surface area contributed by atoms with Gasteiger partial charge in [0.1, 0.15) is 0 Å². The highest BCUT2D eigenvalue weighted by molar-refractivity contribution is 5.97.